The van der Waals surface area contributed by atoms with E-state index in [1.807, 2.05) is 27.7 Å². The van der Waals surface area contributed by atoms with Gasteiger partial charge in [0, 0.05) is 6.54 Å². The van der Waals surface area contributed by atoms with Crippen LogP contribution in [0.2, 0.25) is 0 Å². The molecule has 0 radical (unpaired) electrons. The minimum absolute atomic E-state index is 0.162. The third-order valence-corrected chi connectivity index (χ3v) is 8.50. The quantitative estimate of drug-likeness (QED) is 0.120. The number of amides is 1. The summed E-state index contributed by atoms with van der Waals surface area (Å²) >= 11 is 0. The van der Waals surface area contributed by atoms with Gasteiger partial charge >= 0.3 is 5.97 Å². The van der Waals surface area contributed by atoms with E-state index >= 15 is 0 Å². The molecule has 1 heterocycles. The molecule has 11 nitrogen and oxygen atoms in total. The summed E-state index contributed by atoms with van der Waals surface area (Å²) < 4.78 is 39.8. The molecule has 0 aliphatic carbocycles. The van der Waals surface area contributed by atoms with E-state index in [-0.39, 0.29) is 29.4 Å². The van der Waals surface area contributed by atoms with Crippen molar-refractivity contribution >= 4 is 27.9 Å². The molecule has 2 atom stereocenters. The van der Waals surface area contributed by atoms with Gasteiger partial charge < -0.3 is 25.8 Å². The summed E-state index contributed by atoms with van der Waals surface area (Å²) in [5, 5.41) is 13.4. The number of rotatable bonds is 11. The number of hydrogen-bond acceptors (Lipinski definition) is 8. The van der Waals surface area contributed by atoms with Gasteiger partial charge in [-0.05, 0) is 89.0 Å². The Morgan fingerprint density at radius 3 is 2.42 bits per heavy atom. The van der Waals surface area contributed by atoms with Crippen molar-refractivity contribution in [1.29, 1.82) is 5.41 Å². The van der Waals surface area contributed by atoms with Crippen molar-refractivity contribution in [2.45, 2.75) is 103 Å². The van der Waals surface area contributed by atoms with Crippen molar-refractivity contribution in [1.82, 2.24) is 15.4 Å². The molecular weight excluding hydrogens is 510 g/mol. The maximum Gasteiger partial charge on any atom is 0.328 e. The lowest BCUT2D eigenvalue weighted by Gasteiger charge is -2.35. The highest BCUT2D eigenvalue weighted by atomic mass is 32.2. The predicted octanol–water partition coefficient (Wildman–Crippen LogP) is 2.08. The standard InChI is InChI=1S/C26H43N5O6S/c1-8-10-20(24(33)36-7)30-23(32)19(27)11-9-14-29-25(28)31-38(34,35)22-16(3)15(2)21-18(17(22)4)12-13-26(5,6)37-21/h19-20H,8-14,27H2,1-7H3,(H,30,32)(H3,28,29,31)/t19-,20-/m1/s1. The first kappa shape index (κ1) is 31.4. The van der Waals surface area contributed by atoms with Gasteiger partial charge in [-0.15, -0.1) is 0 Å². The van der Waals surface area contributed by atoms with Crippen LogP contribution in [0.1, 0.15) is 75.1 Å². The number of carbonyl (C=O) groups is 2. The molecule has 1 aliphatic rings. The fourth-order valence-electron chi connectivity index (χ4n) is 4.60. The Morgan fingerprint density at radius 2 is 1.82 bits per heavy atom. The number of methoxy groups -OCH3 is 1. The smallest absolute Gasteiger partial charge is 0.328 e. The second-order valence-corrected chi connectivity index (χ2v) is 12.0. The first-order chi connectivity index (χ1) is 17.6. The van der Waals surface area contributed by atoms with Crippen LogP contribution in [0.3, 0.4) is 0 Å². The van der Waals surface area contributed by atoms with E-state index in [0.717, 1.165) is 23.3 Å². The van der Waals surface area contributed by atoms with Crippen LogP contribution in [0.25, 0.3) is 0 Å². The zero-order valence-electron chi connectivity index (χ0n) is 23.5. The summed E-state index contributed by atoms with van der Waals surface area (Å²) in [6, 6.07) is -1.61. The maximum absolute atomic E-state index is 13.3. The molecule has 0 unspecified atom stereocenters. The summed E-state index contributed by atoms with van der Waals surface area (Å²) in [6.07, 6.45) is 3.29. The van der Waals surface area contributed by atoms with Gasteiger partial charge in [-0.3, -0.25) is 10.2 Å². The van der Waals surface area contributed by atoms with E-state index in [4.69, 9.17) is 20.6 Å². The molecule has 214 valence electrons. The van der Waals surface area contributed by atoms with Crippen molar-refractivity contribution in [2.24, 2.45) is 5.73 Å². The number of benzene rings is 1. The maximum atomic E-state index is 13.3. The number of sulfonamides is 1. The van der Waals surface area contributed by atoms with E-state index in [2.05, 4.69) is 15.4 Å². The SMILES string of the molecule is CCC[C@@H](NC(=O)[C@H](N)CCCNC(=N)NS(=O)(=O)c1c(C)c(C)c2c(c1C)CCC(C)(C)O2)C(=O)OC. The fourth-order valence-corrected chi connectivity index (χ4v) is 6.12. The number of nitrogens with one attached hydrogen (secondary N) is 4. The molecule has 1 aromatic carbocycles. The normalized spacial score (nSPS) is 15.9. The van der Waals surface area contributed by atoms with E-state index in [1.54, 1.807) is 13.8 Å². The molecule has 0 saturated heterocycles. The molecule has 38 heavy (non-hydrogen) atoms. The highest BCUT2D eigenvalue weighted by Gasteiger charge is 2.33. The summed E-state index contributed by atoms with van der Waals surface area (Å²) in [5.41, 5.74) is 8.51. The fraction of sp³-hybridized carbons (Fsp3) is 0.654. The van der Waals surface area contributed by atoms with Crippen LogP contribution in [0.15, 0.2) is 4.90 Å². The van der Waals surface area contributed by atoms with Gasteiger partial charge in [0.1, 0.15) is 17.4 Å². The van der Waals surface area contributed by atoms with Gasteiger partial charge in [-0.1, -0.05) is 13.3 Å². The Morgan fingerprint density at radius 1 is 1.16 bits per heavy atom. The summed E-state index contributed by atoms with van der Waals surface area (Å²) in [5.74, 6) is -0.615. The third-order valence-electron chi connectivity index (χ3n) is 6.88. The molecule has 0 saturated carbocycles. The van der Waals surface area contributed by atoms with Crippen LogP contribution >= 0.6 is 0 Å². The Balaban J connectivity index is 1.97. The monoisotopic (exact) mass is 553 g/mol. The Bertz CT molecular complexity index is 1170. The number of carbonyl (C=O) groups excluding carboxylic acids is 2. The first-order valence-corrected chi connectivity index (χ1v) is 14.4. The van der Waals surface area contributed by atoms with Crippen molar-refractivity contribution in [3.8, 4) is 5.75 Å². The largest absolute Gasteiger partial charge is 0.487 e. The van der Waals surface area contributed by atoms with Crippen molar-refractivity contribution < 1.29 is 27.5 Å². The molecule has 2 rings (SSSR count). The van der Waals surface area contributed by atoms with Crippen LogP contribution in [-0.2, 0) is 30.8 Å². The number of guanidine groups is 1. The zero-order valence-corrected chi connectivity index (χ0v) is 24.4. The number of nitrogens with two attached hydrogens (primary N) is 1. The molecule has 0 bridgehead atoms. The first-order valence-electron chi connectivity index (χ1n) is 13.0. The average molecular weight is 554 g/mol. The second-order valence-electron chi connectivity index (χ2n) is 10.4. The third kappa shape index (κ3) is 7.59. The van der Waals surface area contributed by atoms with Gasteiger partial charge in [0.25, 0.3) is 10.0 Å². The van der Waals surface area contributed by atoms with Gasteiger partial charge in [-0.2, -0.15) is 0 Å². The van der Waals surface area contributed by atoms with Crippen LogP contribution in [0.4, 0.5) is 0 Å². The summed E-state index contributed by atoms with van der Waals surface area (Å²) in [4.78, 5) is 24.3. The van der Waals surface area contributed by atoms with Crippen LogP contribution in [-0.4, -0.2) is 57.6 Å². The van der Waals surface area contributed by atoms with E-state index < -0.39 is 34.0 Å². The lowest BCUT2D eigenvalue weighted by molar-refractivity contribution is -0.145. The molecule has 0 spiro atoms. The van der Waals surface area contributed by atoms with E-state index in [9.17, 15) is 18.0 Å². The van der Waals surface area contributed by atoms with E-state index in [1.165, 1.54) is 7.11 Å². The minimum Gasteiger partial charge on any atom is -0.487 e. The Kier molecular flexibility index (Phi) is 10.6. The van der Waals surface area contributed by atoms with Crippen LogP contribution in [0.5, 0.6) is 5.75 Å². The summed E-state index contributed by atoms with van der Waals surface area (Å²) in [6.45, 7) is 11.5. The number of fused-ring (bicyclic) bond motifs is 1. The lowest BCUT2D eigenvalue weighted by atomic mass is 9.88. The average Bonchev–Trinajstić information content (AvgIpc) is 2.83. The minimum atomic E-state index is -4.03. The molecule has 6 N–H and O–H groups in total. The van der Waals surface area contributed by atoms with E-state index in [0.29, 0.717) is 36.8 Å². The Hall–Kier alpha value is -2.86. The lowest BCUT2D eigenvalue weighted by Crippen LogP contribution is -2.49. The highest BCUT2D eigenvalue weighted by molar-refractivity contribution is 7.90. The van der Waals surface area contributed by atoms with Crippen LogP contribution < -0.4 is 25.8 Å². The Labute approximate surface area is 226 Å². The molecule has 1 amide bonds. The van der Waals surface area contributed by atoms with Gasteiger partial charge in [0.15, 0.2) is 0 Å². The highest BCUT2D eigenvalue weighted by Crippen LogP contribution is 2.42. The van der Waals surface area contributed by atoms with Gasteiger partial charge in [0.05, 0.1) is 18.0 Å². The molecule has 12 heteroatoms. The second kappa shape index (κ2) is 12.8. The number of esters is 1. The topological polar surface area (TPSA) is 173 Å². The number of ether oxygens (including phenoxy) is 2. The van der Waals surface area contributed by atoms with Crippen LogP contribution in [0, 0.1) is 26.2 Å². The van der Waals surface area contributed by atoms with Gasteiger partial charge in [-0.25, -0.2) is 17.9 Å². The molecule has 1 aromatic rings. The molecule has 0 aromatic heterocycles. The van der Waals surface area contributed by atoms with Crippen molar-refractivity contribution in [3.05, 3.63) is 22.3 Å². The van der Waals surface area contributed by atoms with Crippen molar-refractivity contribution in [3.63, 3.8) is 0 Å². The molecule has 1 aliphatic heterocycles. The molecular formula is C26H43N5O6S. The van der Waals surface area contributed by atoms with Gasteiger partial charge in [0.2, 0.25) is 11.9 Å². The summed E-state index contributed by atoms with van der Waals surface area (Å²) in [7, 11) is -2.77. The zero-order chi connectivity index (χ0) is 28.8. The van der Waals surface area contributed by atoms with Crippen molar-refractivity contribution in [2.75, 3.05) is 13.7 Å². The molecule has 0 fully saturated rings. The predicted molar refractivity (Wildman–Crippen MR) is 146 cm³/mol. The number of hydrogen-bond donors (Lipinski definition) is 5.